The molecule has 0 spiro atoms. The predicted molar refractivity (Wildman–Crippen MR) is 144 cm³/mol. The average molecular weight is 529 g/mol. The number of methoxy groups -OCH3 is 1. The number of hydrogen-bond acceptors (Lipinski definition) is 9. The van der Waals surface area contributed by atoms with Gasteiger partial charge >= 0.3 is 6.09 Å². The van der Waals surface area contributed by atoms with Gasteiger partial charge in [-0.25, -0.2) is 29.7 Å². The molecule has 3 aromatic heterocycles. The summed E-state index contributed by atoms with van der Waals surface area (Å²) in [5, 5.41) is 10.8. The van der Waals surface area contributed by atoms with Gasteiger partial charge in [0.15, 0.2) is 0 Å². The lowest BCUT2D eigenvalue weighted by molar-refractivity contribution is 0.119. The average Bonchev–Trinajstić information content (AvgIpc) is 3.47. The molecule has 0 radical (unpaired) electrons. The Labute approximate surface area is 222 Å². The molecular formula is C27H24N6O4S. The lowest BCUT2D eigenvalue weighted by Crippen LogP contribution is -2.46. The zero-order chi connectivity index (χ0) is 26.6. The number of carbonyl (C=O) groups is 1. The summed E-state index contributed by atoms with van der Waals surface area (Å²) >= 11 is 1.57. The van der Waals surface area contributed by atoms with Gasteiger partial charge in [0.25, 0.3) is 0 Å². The Morgan fingerprint density at radius 3 is 2.66 bits per heavy atom. The van der Waals surface area contributed by atoms with Crippen molar-refractivity contribution in [3.05, 3.63) is 59.8 Å². The highest BCUT2D eigenvalue weighted by atomic mass is 32.1. The predicted octanol–water partition coefficient (Wildman–Crippen LogP) is 5.20. The van der Waals surface area contributed by atoms with Gasteiger partial charge < -0.3 is 14.6 Å². The van der Waals surface area contributed by atoms with Crippen LogP contribution in [0.4, 0.5) is 10.5 Å². The fraction of sp³-hybridized carbons (Fsp3) is 0.259. The second-order valence-corrected chi connectivity index (χ2v) is 10.6. The number of nitrogens with zero attached hydrogens (tertiary/aromatic N) is 6. The molecule has 5 aromatic rings. The number of benzene rings is 2. The summed E-state index contributed by atoms with van der Waals surface area (Å²) < 4.78 is 12.6. The molecule has 38 heavy (non-hydrogen) atoms. The Balaban J connectivity index is 1.37. The molecule has 4 heterocycles. The van der Waals surface area contributed by atoms with Gasteiger partial charge in [0.2, 0.25) is 5.88 Å². The summed E-state index contributed by atoms with van der Waals surface area (Å²) in [5.41, 5.74) is 4.95. The van der Waals surface area contributed by atoms with E-state index >= 15 is 0 Å². The first-order valence-electron chi connectivity index (χ1n) is 12.0. The van der Waals surface area contributed by atoms with Crippen molar-refractivity contribution < 1.29 is 19.4 Å². The molecule has 11 heteroatoms. The molecule has 6 rings (SSSR count). The first kappa shape index (κ1) is 24.0. The smallest absolute Gasteiger partial charge is 0.412 e. The van der Waals surface area contributed by atoms with E-state index in [-0.39, 0.29) is 6.54 Å². The fourth-order valence-electron chi connectivity index (χ4n) is 4.81. The van der Waals surface area contributed by atoms with Crippen molar-refractivity contribution in [1.29, 1.82) is 0 Å². The van der Waals surface area contributed by atoms with Crippen LogP contribution in [0.25, 0.3) is 31.8 Å². The normalized spacial score (nSPS) is 16.4. The van der Waals surface area contributed by atoms with Gasteiger partial charge in [-0.05, 0) is 50.6 Å². The summed E-state index contributed by atoms with van der Waals surface area (Å²) in [6, 6.07) is 7.89. The molecule has 1 aliphatic rings. The van der Waals surface area contributed by atoms with Gasteiger partial charge in [-0.3, -0.25) is 4.90 Å². The van der Waals surface area contributed by atoms with Gasteiger partial charge in [0, 0.05) is 17.5 Å². The molecule has 0 bridgehead atoms. The van der Waals surface area contributed by atoms with Crippen molar-refractivity contribution in [3.63, 3.8) is 0 Å². The molecule has 1 atom stereocenters. The minimum Gasteiger partial charge on any atom is -0.485 e. The van der Waals surface area contributed by atoms with Crippen molar-refractivity contribution in [2.24, 2.45) is 0 Å². The van der Waals surface area contributed by atoms with Gasteiger partial charge in [0.05, 0.1) is 59.2 Å². The molecular weight excluding hydrogens is 504 g/mol. The number of aryl methyl sites for hydroxylation is 2. The lowest BCUT2D eigenvalue weighted by atomic mass is 9.98. The largest absolute Gasteiger partial charge is 0.485 e. The third-order valence-electron chi connectivity index (χ3n) is 6.54. The zero-order valence-electron chi connectivity index (χ0n) is 21.2. The van der Waals surface area contributed by atoms with E-state index in [4.69, 9.17) is 14.5 Å². The van der Waals surface area contributed by atoms with E-state index in [0.717, 1.165) is 48.7 Å². The lowest BCUT2D eigenvalue weighted by Gasteiger charge is -2.30. The number of amides is 1. The van der Waals surface area contributed by atoms with Crippen LogP contribution in [-0.4, -0.2) is 55.4 Å². The van der Waals surface area contributed by atoms with E-state index in [1.165, 1.54) is 17.3 Å². The number of aromatic nitrogens is 5. The summed E-state index contributed by atoms with van der Waals surface area (Å²) in [6.07, 6.45) is 4.08. The maximum atomic E-state index is 12.1. The first-order chi connectivity index (χ1) is 18.2. The van der Waals surface area contributed by atoms with Crippen LogP contribution in [0.2, 0.25) is 0 Å². The van der Waals surface area contributed by atoms with E-state index in [0.29, 0.717) is 23.8 Å². The maximum Gasteiger partial charge on any atom is 0.412 e. The van der Waals surface area contributed by atoms with Crippen molar-refractivity contribution in [1.82, 2.24) is 24.9 Å². The van der Waals surface area contributed by atoms with Crippen LogP contribution in [0.1, 0.15) is 23.9 Å². The maximum absolute atomic E-state index is 12.1. The van der Waals surface area contributed by atoms with Crippen molar-refractivity contribution >= 4 is 44.4 Å². The van der Waals surface area contributed by atoms with E-state index in [2.05, 4.69) is 26.0 Å². The van der Waals surface area contributed by atoms with Crippen LogP contribution in [0, 0.1) is 13.8 Å². The molecule has 1 N–H and O–H groups in total. The van der Waals surface area contributed by atoms with E-state index in [1.807, 2.05) is 32.0 Å². The van der Waals surface area contributed by atoms with E-state index < -0.39 is 11.7 Å². The van der Waals surface area contributed by atoms with Crippen molar-refractivity contribution in [3.8, 4) is 22.2 Å². The minimum atomic E-state index is -1.09. The van der Waals surface area contributed by atoms with Gasteiger partial charge in [-0.1, -0.05) is 0 Å². The number of anilines is 1. The number of carboxylic acid groups (broad SMARTS) is 1. The summed E-state index contributed by atoms with van der Waals surface area (Å²) in [6.45, 7) is 5.81. The molecule has 0 aliphatic carbocycles. The number of rotatable bonds is 5. The van der Waals surface area contributed by atoms with Crippen molar-refractivity contribution in [2.45, 2.75) is 32.8 Å². The third-order valence-corrected chi connectivity index (χ3v) is 7.70. The van der Waals surface area contributed by atoms with Gasteiger partial charge in [-0.2, -0.15) is 0 Å². The highest BCUT2D eigenvalue weighted by Gasteiger charge is 2.40. The standard InChI is InChI=1S/C27H24N6O4S/c1-14-7-17(23-20(8-14)31-22(36-4)12-30-23)25-32-19-5-6-21-18(24(19)38-25)9-27(3,37-21)13-33(26(34)35)16-10-28-15(2)29-11-16/h5-8,10-12H,9,13H2,1-4H3,(H,34,35)/t27-/m1/s1. The summed E-state index contributed by atoms with van der Waals surface area (Å²) in [5.74, 6) is 1.77. The highest BCUT2D eigenvalue weighted by molar-refractivity contribution is 7.22. The number of thiazole rings is 1. The SMILES string of the molecule is COc1cnc2c(-c3nc4ccc5c(c4s3)C[C@](C)(CN(C(=O)O)c3cnc(C)nc3)O5)cc(C)cc2n1. The molecule has 10 nitrogen and oxygen atoms in total. The van der Waals surface area contributed by atoms with E-state index in [1.54, 1.807) is 31.6 Å². The van der Waals surface area contributed by atoms with Crippen LogP contribution in [0.15, 0.2) is 42.9 Å². The van der Waals surface area contributed by atoms with Crippen LogP contribution in [0.5, 0.6) is 11.6 Å². The van der Waals surface area contributed by atoms with Crippen molar-refractivity contribution in [2.75, 3.05) is 18.6 Å². The molecule has 1 aliphatic heterocycles. The molecule has 0 fully saturated rings. The Kier molecular flexibility index (Phi) is 5.60. The quantitative estimate of drug-likeness (QED) is 0.328. The molecule has 2 aromatic carbocycles. The van der Waals surface area contributed by atoms with E-state index in [9.17, 15) is 9.90 Å². The Morgan fingerprint density at radius 1 is 1.13 bits per heavy atom. The molecule has 1 amide bonds. The molecule has 0 saturated carbocycles. The highest BCUT2D eigenvalue weighted by Crippen LogP contribution is 2.44. The number of ether oxygens (including phenoxy) is 2. The number of hydrogen-bond donors (Lipinski definition) is 1. The summed E-state index contributed by atoms with van der Waals surface area (Å²) in [7, 11) is 1.57. The first-order valence-corrected chi connectivity index (χ1v) is 12.8. The van der Waals surface area contributed by atoms with Gasteiger partial charge in [0.1, 0.15) is 22.2 Å². The topological polar surface area (TPSA) is 123 Å². The van der Waals surface area contributed by atoms with Crippen LogP contribution >= 0.6 is 11.3 Å². The summed E-state index contributed by atoms with van der Waals surface area (Å²) in [4.78, 5) is 35.7. The second-order valence-electron chi connectivity index (χ2n) is 9.59. The number of fused-ring (bicyclic) bond motifs is 4. The monoisotopic (exact) mass is 528 g/mol. The molecule has 0 unspecified atom stereocenters. The second kappa shape index (κ2) is 8.88. The molecule has 192 valence electrons. The fourth-order valence-corrected chi connectivity index (χ4v) is 5.93. The zero-order valence-corrected chi connectivity index (χ0v) is 22.0. The Hall–Kier alpha value is -4.38. The Bertz CT molecular complexity index is 1720. The third kappa shape index (κ3) is 4.14. The van der Waals surface area contributed by atoms with Gasteiger partial charge in [-0.15, -0.1) is 11.3 Å². The Morgan fingerprint density at radius 2 is 1.92 bits per heavy atom. The minimum absolute atomic E-state index is 0.122. The van der Waals surface area contributed by atoms with Crippen LogP contribution < -0.4 is 14.4 Å². The van der Waals surface area contributed by atoms with Crippen LogP contribution in [0.3, 0.4) is 0 Å². The van der Waals surface area contributed by atoms with Crippen LogP contribution in [-0.2, 0) is 6.42 Å². The molecule has 0 saturated heterocycles.